The molecular formula is C15H15Cl2N3O2. The van der Waals surface area contributed by atoms with E-state index in [1.807, 2.05) is 0 Å². The maximum atomic E-state index is 12.1. The summed E-state index contributed by atoms with van der Waals surface area (Å²) in [5.74, 6) is -0.251. The molecule has 116 valence electrons. The van der Waals surface area contributed by atoms with Crippen molar-refractivity contribution in [3.05, 3.63) is 46.2 Å². The molecule has 1 heterocycles. The number of halogens is 2. The van der Waals surface area contributed by atoms with Crippen LogP contribution in [0.4, 0.5) is 0 Å². The SMILES string of the molecule is O=C(NCC1(CO)CC1)c1ccn(-c2ccc(Cl)c(Cl)c2)n1. The first-order valence-electron chi connectivity index (χ1n) is 6.93. The highest BCUT2D eigenvalue weighted by atomic mass is 35.5. The highest BCUT2D eigenvalue weighted by Gasteiger charge is 2.42. The molecule has 2 N–H and O–H groups in total. The van der Waals surface area contributed by atoms with E-state index < -0.39 is 0 Å². The zero-order valence-electron chi connectivity index (χ0n) is 11.7. The Hall–Kier alpha value is -1.56. The van der Waals surface area contributed by atoms with Gasteiger partial charge in [0.15, 0.2) is 5.69 Å². The topological polar surface area (TPSA) is 67.2 Å². The van der Waals surface area contributed by atoms with Crippen LogP contribution in [-0.4, -0.2) is 33.9 Å². The summed E-state index contributed by atoms with van der Waals surface area (Å²) in [5, 5.41) is 17.2. The second kappa shape index (κ2) is 5.91. The van der Waals surface area contributed by atoms with Crippen LogP contribution < -0.4 is 5.32 Å². The summed E-state index contributed by atoms with van der Waals surface area (Å²) in [7, 11) is 0. The van der Waals surface area contributed by atoms with Gasteiger partial charge in [0.05, 0.1) is 22.3 Å². The standard InChI is InChI=1S/C15H15Cl2N3O2/c16-11-2-1-10(7-12(11)17)20-6-3-13(19-20)14(22)18-8-15(9-21)4-5-15/h1-3,6-7,21H,4-5,8-9H2,(H,18,22). The molecule has 0 aliphatic heterocycles. The molecule has 1 fully saturated rings. The second-order valence-corrected chi connectivity index (χ2v) is 6.40. The largest absolute Gasteiger partial charge is 0.396 e. The Labute approximate surface area is 137 Å². The number of nitrogens with zero attached hydrogens (tertiary/aromatic N) is 2. The van der Waals surface area contributed by atoms with E-state index in [-0.39, 0.29) is 17.9 Å². The van der Waals surface area contributed by atoms with Gasteiger partial charge >= 0.3 is 0 Å². The number of hydrogen-bond acceptors (Lipinski definition) is 3. The van der Waals surface area contributed by atoms with Crippen molar-refractivity contribution >= 4 is 29.1 Å². The van der Waals surface area contributed by atoms with Crippen LogP contribution in [0.5, 0.6) is 0 Å². The molecule has 0 atom stereocenters. The third-order valence-electron chi connectivity index (χ3n) is 3.91. The summed E-state index contributed by atoms with van der Waals surface area (Å²) in [6.07, 6.45) is 3.58. The Morgan fingerprint density at radius 1 is 1.32 bits per heavy atom. The summed E-state index contributed by atoms with van der Waals surface area (Å²) >= 11 is 11.9. The Bertz CT molecular complexity index is 711. The van der Waals surface area contributed by atoms with E-state index in [1.165, 1.54) is 0 Å². The molecule has 3 rings (SSSR count). The molecular weight excluding hydrogens is 325 g/mol. The first-order valence-corrected chi connectivity index (χ1v) is 7.69. The zero-order chi connectivity index (χ0) is 15.7. The number of hydrogen-bond donors (Lipinski definition) is 2. The first kappa shape index (κ1) is 15.3. The molecule has 2 aromatic rings. The van der Waals surface area contributed by atoms with E-state index in [2.05, 4.69) is 10.4 Å². The summed E-state index contributed by atoms with van der Waals surface area (Å²) in [6.45, 7) is 0.576. The minimum Gasteiger partial charge on any atom is -0.396 e. The van der Waals surface area contributed by atoms with Gasteiger partial charge in [-0.1, -0.05) is 23.2 Å². The molecule has 0 saturated heterocycles. The lowest BCUT2D eigenvalue weighted by molar-refractivity contribution is 0.0930. The van der Waals surface area contributed by atoms with Crippen molar-refractivity contribution in [2.45, 2.75) is 12.8 Å². The molecule has 0 spiro atoms. The number of rotatable bonds is 5. The number of aromatic nitrogens is 2. The number of aliphatic hydroxyl groups excluding tert-OH is 1. The van der Waals surface area contributed by atoms with Crippen LogP contribution in [0.3, 0.4) is 0 Å². The quantitative estimate of drug-likeness (QED) is 0.879. The van der Waals surface area contributed by atoms with Crippen LogP contribution in [0, 0.1) is 5.41 Å². The monoisotopic (exact) mass is 339 g/mol. The van der Waals surface area contributed by atoms with Crippen molar-refractivity contribution in [1.29, 1.82) is 0 Å². The molecule has 0 bridgehead atoms. The lowest BCUT2D eigenvalue weighted by atomic mass is 10.1. The molecule has 0 unspecified atom stereocenters. The molecule has 5 nitrogen and oxygen atoms in total. The van der Waals surface area contributed by atoms with Gasteiger partial charge in [-0.15, -0.1) is 0 Å². The van der Waals surface area contributed by atoms with Gasteiger partial charge in [0, 0.05) is 18.2 Å². The highest BCUT2D eigenvalue weighted by molar-refractivity contribution is 6.42. The molecule has 1 aromatic heterocycles. The van der Waals surface area contributed by atoms with E-state index >= 15 is 0 Å². The molecule has 1 aliphatic carbocycles. The van der Waals surface area contributed by atoms with Crippen molar-refractivity contribution in [3.8, 4) is 5.69 Å². The van der Waals surface area contributed by atoms with Gasteiger partial charge in [0.2, 0.25) is 0 Å². The van der Waals surface area contributed by atoms with E-state index in [1.54, 1.807) is 35.1 Å². The predicted molar refractivity (Wildman–Crippen MR) is 84.7 cm³/mol. The minimum absolute atomic E-state index is 0.102. The lowest BCUT2D eigenvalue weighted by Gasteiger charge is -2.11. The summed E-state index contributed by atoms with van der Waals surface area (Å²) in [6, 6.07) is 6.77. The van der Waals surface area contributed by atoms with Crippen molar-refractivity contribution in [2.75, 3.05) is 13.2 Å². The summed E-state index contributed by atoms with van der Waals surface area (Å²) < 4.78 is 1.57. The van der Waals surface area contributed by atoms with E-state index in [0.717, 1.165) is 18.5 Å². The fourth-order valence-electron chi connectivity index (χ4n) is 2.14. The fraction of sp³-hybridized carbons (Fsp3) is 0.333. The van der Waals surface area contributed by atoms with Crippen molar-refractivity contribution in [2.24, 2.45) is 5.41 Å². The minimum atomic E-state index is -0.251. The number of benzene rings is 1. The lowest BCUT2D eigenvalue weighted by Crippen LogP contribution is -2.32. The van der Waals surface area contributed by atoms with Crippen LogP contribution in [0.25, 0.3) is 5.69 Å². The molecule has 1 amide bonds. The molecule has 1 aromatic carbocycles. The first-order chi connectivity index (χ1) is 10.5. The molecule has 0 radical (unpaired) electrons. The molecule has 22 heavy (non-hydrogen) atoms. The average molecular weight is 340 g/mol. The van der Waals surface area contributed by atoms with Crippen LogP contribution >= 0.6 is 23.2 Å². The third-order valence-corrected chi connectivity index (χ3v) is 4.64. The Kier molecular flexibility index (Phi) is 4.12. The van der Waals surface area contributed by atoms with Crippen LogP contribution in [-0.2, 0) is 0 Å². The molecule has 7 heteroatoms. The van der Waals surface area contributed by atoms with Crippen molar-refractivity contribution in [1.82, 2.24) is 15.1 Å². The Morgan fingerprint density at radius 3 is 2.73 bits per heavy atom. The van der Waals surface area contributed by atoms with E-state index in [4.69, 9.17) is 23.2 Å². The number of carbonyl (C=O) groups is 1. The Morgan fingerprint density at radius 2 is 2.09 bits per heavy atom. The highest BCUT2D eigenvalue weighted by Crippen LogP contribution is 2.44. The average Bonchev–Trinajstić information content (AvgIpc) is 3.14. The van der Waals surface area contributed by atoms with Crippen molar-refractivity contribution in [3.63, 3.8) is 0 Å². The number of nitrogens with one attached hydrogen (secondary N) is 1. The van der Waals surface area contributed by atoms with Gasteiger partial charge in [-0.05, 0) is 37.1 Å². The normalized spacial score (nSPS) is 15.6. The molecule has 1 saturated carbocycles. The maximum absolute atomic E-state index is 12.1. The van der Waals surface area contributed by atoms with Gasteiger partial charge in [0.25, 0.3) is 5.91 Å². The predicted octanol–water partition coefficient (Wildman–Crippen LogP) is 2.68. The number of amides is 1. The number of carbonyl (C=O) groups excluding carboxylic acids is 1. The molecule has 1 aliphatic rings. The zero-order valence-corrected chi connectivity index (χ0v) is 13.2. The summed E-state index contributed by atoms with van der Waals surface area (Å²) in [5.41, 5.74) is 0.921. The van der Waals surface area contributed by atoms with Gasteiger partial charge < -0.3 is 10.4 Å². The third kappa shape index (κ3) is 3.11. The Balaban J connectivity index is 1.70. The smallest absolute Gasteiger partial charge is 0.271 e. The van der Waals surface area contributed by atoms with Gasteiger partial charge in [-0.3, -0.25) is 4.79 Å². The van der Waals surface area contributed by atoms with Gasteiger partial charge in [0.1, 0.15) is 0 Å². The number of aliphatic hydroxyl groups is 1. The van der Waals surface area contributed by atoms with E-state index in [0.29, 0.717) is 22.3 Å². The van der Waals surface area contributed by atoms with Gasteiger partial charge in [-0.25, -0.2) is 4.68 Å². The van der Waals surface area contributed by atoms with Crippen LogP contribution in [0.2, 0.25) is 10.0 Å². The second-order valence-electron chi connectivity index (χ2n) is 5.58. The van der Waals surface area contributed by atoms with E-state index in [9.17, 15) is 9.90 Å². The summed E-state index contributed by atoms with van der Waals surface area (Å²) in [4.78, 5) is 12.1. The fourth-order valence-corrected chi connectivity index (χ4v) is 2.43. The van der Waals surface area contributed by atoms with Gasteiger partial charge in [-0.2, -0.15) is 5.10 Å². The van der Waals surface area contributed by atoms with Crippen LogP contribution in [0.1, 0.15) is 23.3 Å². The van der Waals surface area contributed by atoms with Crippen molar-refractivity contribution < 1.29 is 9.90 Å². The van der Waals surface area contributed by atoms with Crippen LogP contribution in [0.15, 0.2) is 30.5 Å². The maximum Gasteiger partial charge on any atom is 0.271 e.